The molecular formula is C12H20N4O. The van der Waals surface area contributed by atoms with Crippen molar-refractivity contribution in [2.24, 2.45) is 5.92 Å². The third-order valence-corrected chi connectivity index (χ3v) is 2.19. The fourth-order valence-corrected chi connectivity index (χ4v) is 1.40. The number of rotatable bonds is 5. The molecule has 1 N–H and O–H groups in total. The van der Waals surface area contributed by atoms with Crippen LogP contribution in [-0.4, -0.2) is 34.3 Å². The highest BCUT2D eigenvalue weighted by Gasteiger charge is 2.08. The number of nitrogens with zero attached hydrogens (tertiary/aromatic N) is 3. The number of hydrogen-bond donors (Lipinski definition) is 1. The van der Waals surface area contributed by atoms with Crippen molar-refractivity contribution in [3.8, 4) is 0 Å². The molecule has 0 saturated heterocycles. The number of hydrogen-bond acceptors (Lipinski definition) is 2. The van der Waals surface area contributed by atoms with Gasteiger partial charge in [0.05, 0.1) is 11.9 Å². The SMILES string of the molecule is C=CCN(C)C(=O)Nc1cnn(CC(C)C)c1. The van der Waals surface area contributed by atoms with Crippen LogP contribution in [0.4, 0.5) is 10.5 Å². The van der Waals surface area contributed by atoms with Gasteiger partial charge >= 0.3 is 6.03 Å². The summed E-state index contributed by atoms with van der Waals surface area (Å²) in [5, 5.41) is 6.95. The van der Waals surface area contributed by atoms with Crippen molar-refractivity contribution in [2.75, 3.05) is 18.9 Å². The Morgan fingerprint density at radius 3 is 3.00 bits per heavy atom. The molecule has 0 saturated carbocycles. The quantitative estimate of drug-likeness (QED) is 0.797. The van der Waals surface area contributed by atoms with E-state index in [1.165, 1.54) is 0 Å². The number of nitrogens with one attached hydrogen (secondary N) is 1. The largest absolute Gasteiger partial charge is 0.324 e. The van der Waals surface area contributed by atoms with E-state index < -0.39 is 0 Å². The van der Waals surface area contributed by atoms with Gasteiger partial charge in [0.15, 0.2) is 0 Å². The van der Waals surface area contributed by atoms with Crippen LogP contribution in [0.2, 0.25) is 0 Å². The third-order valence-electron chi connectivity index (χ3n) is 2.19. The van der Waals surface area contributed by atoms with Crippen molar-refractivity contribution in [3.05, 3.63) is 25.0 Å². The van der Waals surface area contributed by atoms with Crippen molar-refractivity contribution in [1.29, 1.82) is 0 Å². The van der Waals surface area contributed by atoms with Crippen LogP contribution in [0.15, 0.2) is 25.0 Å². The van der Waals surface area contributed by atoms with Gasteiger partial charge in [-0.15, -0.1) is 6.58 Å². The molecular weight excluding hydrogens is 216 g/mol. The third kappa shape index (κ3) is 4.30. The van der Waals surface area contributed by atoms with Gasteiger partial charge in [-0.1, -0.05) is 19.9 Å². The number of aromatic nitrogens is 2. The summed E-state index contributed by atoms with van der Waals surface area (Å²) in [4.78, 5) is 13.2. The molecule has 5 nitrogen and oxygen atoms in total. The van der Waals surface area contributed by atoms with E-state index in [1.807, 2.05) is 10.9 Å². The lowest BCUT2D eigenvalue weighted by Crippen LogP contribution is -2.31. The van der Waals surface area contributed by atoms with Gasteiger partial charge in [0.2, 0.25) is 0 Å². The van der Waals surface area contributed by atoms with Crippen LogP contribution in [0.5, 0.6) is 0 Å². The second kappa shape index (κ2) is 6.08. The molecule has 1 heterocycles. The Labute approximate surface area is 102 Å². The second-order valence-corrected chi connectivity index (χ2v) is 4.44. The smallest absolute Gasteiger partial charge is 0.321 e. The van der Waals surface area contributed by atoms with Crippen molar-refractivity contribution >= 4 is 11.7 Å². The highest BCUT2D eigenvalue weighted by Crippen LogP contribution is 2.07. The lowest BCUT2D eigenvalue weighted by atomic mass is 10.2. The molecule has 1 rings (SSSR count). The first kappa shape index (κ1) is 13.3. The van der Waals surface area contributed by atoms with E-state index in [-0.39, 0.29) is 6.03 Å². The first-order chi connectivity index (χ1) is 8.02. The molecule has 0 bridgehead atoms. The summed E-state index contributed by atoms with van der Waals surface area (Å²) >= 11 is 0. The average Bonchev–Trinajstić information content (AvgIpc) is 2.64. The summed E-state index contributed by atoms with van der Waals surface area (Å²) in [5.41, 5.74) is 0.714. The van der Waals surface area contributed by atoms with Crippen LogP contribution in [0, 0.1) is 5.92 Å². The normalized spacial score (nSPS) is 10.4. The summed E-state index contributed by atoms with van der Waals surface area (Å²) < 4.78 is 1.83. The number of carbonyl (C=O) groups excluding carboxylic acids is 1. The molecule has 2 amide bonds. The molecule has 0 aliphatic rings. The highest BCUT2D eigenvalue weighted by molar-refractivity contribution is 5.88. The molecule has 1 aromatic heterocycles. The Hall–Kier alpha value is -1.78. The summed E-state index contributed by atoms with van der Waals surface area (Å²) in [6.45, 7) is 9.20. The first-order valence-corrected chi connectivity index (χ1v) is 5.68. The van der Waals surface area contributed by atoms with Gasteiger partial charge in [0.1, 0.15) is 0 Å². The fraction of sp³-hybridized carbons (Fsp3) is 0.500. The minimum absolute atomic E-state index is 0.158. The lowest BCUT2D eigenvalue weighted by molar-refractivity contribution is 0.226. The molecule has 5 heteroatoms. The minimum atomic E-state index is -0.158. The Kier molecular flexibility index (Phi) is 4.75. The molecule has 0 radical (unpaired) electrons. The van der Waals surface area contributed by atoms with Gasteiger partial charge in [-0.25, -0.2) is 4.79 Å². The van der Waals surface area contributed by atoms with Gasteiger partial charge in [0, 0.05) is 26.3 Å². The second-order valence-electron chi connectivity index (χ2n) is 4.44. The highest BCUT2D eigenvalue weighted by atomic mass is 16.2. The molecule has 0 atom stereocenters. The maximum Gasteiger partial charge on any atom is 0.321 e. The zero-order valence-electron chi connectivity index (χ0n) is 10.7. The van der Waals surface area contributed by atoms with Crippen LogP contribution in [0.1, 0.15) is 13.8 Å². The van der Waals surface area contributed by atoms with E-state index in [0.717, 1.165) is 6.54 Å². The van der Waals surface area contributed by atoms with E-state index in [9.17, 15) is 4.79 Å². The molecule has 0 fully saturated rings. The number of urea groups is 1. The van der Waals surface area contributed by atoms with Crippen LogP contribution < -0.4 is 5.32 Å². The van der Waals surface area contributed by atoms with E-state index in [2.05, 4.69) is 30.8 Å². The fourth-order valence-electron chi connectivity index (χ4n) is 1.40. The summed E-state index contributed by atoms with van der Waals surface area (Å²) in [7, 11) is 1.72. The average molecular weight is 236 g/mol. The van der Waals surface area contributed by atoms with Gasteiger partial charge in [-0.2, -0.15) is 5.10 Å². The predicted octanol–water partition coefficient (Wildman–Crippen LogP) is 2.19. The van der Waals surface area contributed by atoms with E-state index >= 15 is 0 Å². The molecule has 0 aliphatic carbocycles. The number of amides is 2. The summed E-state index contributed by atoms with van der Waals surface area (Å²) in [6, 6.07) is -0.158. The zero-order chi connectivity index (χ0) is 12.8. The van der Waals surface area contributed by atoms with Gasteiger partial charge < -0.3 is 10.2 Å². The van der Waals surface area contributed by atoms with Crippen molar-refractivity contribution in [2.45, 2.75) is 20.4 Å². The summed E-state index contributed by atoms with van der Waals surface area (Å²) in [6.07, 6.45) is 5.17. The van der Waals surface area contributed by atoms with Gasteiger partial charge in [-0.05, 0) is 5.92 Å². The number of carbonyl (C=O) groups is 1. The minimum Gasteiger partial charge on any atom is -0.324 e. The first-order valence-electron chi connectivity index (χ1n) is 5.68. The zero-order valence-corrected chi connectivity index (χ0v) is 10.7. The standard InChI is InChI=1S/C12H20N4O/c1-5-6-15(4)12(17)14-11-7-13-16(9-11)8-10(2)3/h5,7,9-10H,1,6,8H2,2-4H3,(H,14,17). The van der Waals surface area contributed by atoms with Crippen LogP contribution >= 0.6 is 0 Å². The maximum atomic E-state index is 11.7. The van der Waals surface area contributed by atoms with Crippen LogP contribution in [0.25, 0.3) is 0 Å². The number of likely N-dealkylation sites (N-methyl/N-ethyl adjacent to an activating group) is 1. The van der Waals surface area contributed by atoms with E-state index in [1.54, 1.807) is 24.2 Å². The van der Waals surface area contributed by atoms with Crippen LogP contribution in [0.3, 0.4) is 0 Å². The van der Waals surface area contributed by atoms with Crippen molar-refractivity contribution in [1.82, 2.24) is 14.7 Å². The van der Waals surface area contributed by atoms with Crippen molar-refractivity contribution < 1.29 is 4.79 Å². The van der Waals surface area contributed by atoms with Crippen molar-refractivity contribution in [3.63, 3.8) is 0 Å². The predicted molar refractivity (Wildman–Crippen MR) is 68.9 cm³/mol. The van der Waals surface area contributed by atoms with Gasteiger partial charge in [-0.3, -0.25) is 4.68 Å². The summed E-state index contributed by atoms with van der Waals surface area (Å²) in [5.74, 6) is 0.530. The lowest BCUT2D eigenvalue weighted by Gasteiger charge is -2.14. The molecule has 0 aliphatic heterocycles. The van der Waals surface area contributed by atoms with E-state index in [4.69, 9.17) is 0 Å². The molecule has 1 aromatic rings. The topological polar surface area (TPSA) is 50.2 Å². The molecule has 94 valence electrons. The maximum absolute atomic E-state index is 11.7. The Balaban J connectivity index is 2.54. The number of anilines is 1. The molecule has 0 unspecified atom stereocenters. The Morgan fingerprint density at radius 1 is 1.71 bits per heavy atom. The van der Waals surface area contributed by atoms with Gasteiger partial charge in [0.25, 0.3) is 0 Å². The molecule has 0 spiro atoms. The van der Waals surface area contributed by atoms with E-state index in [0.29, 0.717) is 18.2 Å². The monoisotopic (exact) mass is 236 g/mol. The molecule has 0 aromatic carbocycles. The Morgan fingerprint density at radius 2 is 2.41 bits per heavy atom. The van der Waals surface area contributed by atoms with Crippen LogP contribution in [-0.2, 0) is 6.54 Å². The molecule has 17 heavy (non-hydrogen) atoms. The Bertz CT molecular complexity index is 384.